The van der Waals surface area contributed by atoms with Crippen LogP contribution in [0.1, 0.15) is 5.56 Å². The summed E-state index contributed by atoms with van der Waals surface area (Å²) in [5, 5.41) is 0. The molecule has 90 valence electrons. The topological polar surface area (TPSA) is 60.9 Å². The summed E-state index contributed by atoms with van der Waals surface area (Å²) in [6.07, 6.45) is 3.22. The van der Waals surface area contributed by atoms with Crippen molar-refractivity contribution in [1.82, 2.24) is 14.5 Å². The number of oxazole rings is 1. The van der Waals surface area contributed by atoms with Crippen LogP contribution in [0.4, 0.5) is 4.39 Å². The molecule has 0 spiro atoms. The number of nitrogens with zero attached hydrogens (tertiary/aromatic N) is 3. The van der Waals surface area contributed by atoms with E-state index in [1.807, 2.05) is 0 Å². The van der Waals surface area contributed by atoms with Crippen LogP contribution >= 0.6 is 0 Å². The van der Waals surface area contributed by atoms with Gasteiger partial charge in [-0.05, 0) is 23.8 Å². The molecule has 18 heavy (non-hydrogen) atoms. The minimum Gasteiger partial charge on any atom is -0.405 e. The van der Waals surface area contributed by atoms with Crippen LogP contribution in [0.3, 0.4) is 0 Å². The maximum Gasteiger partial charge on any atom is 0.441 e. The van der Waals surface area contributed by atoms with Gasteiger partial charge in [0.2, 0.25) is 5.95 Å². The normalized spacial score (nSPS) is 10.9. The van der Waals surface area contributed by atoms with Gasteiger partial charge >= 0.3 is 5.76 Å². The zero-order valence-corrected chi connectivity index (χ0v) is 9.21. The van der Waals surface area contributed by atoms with E-state index in [4.69, 9.17) is 4.42 Å². The van der Waals surface area contributed by atoms with E-state index in [0.717, 1.165) is 5.56 Å². The summed E-state index contributed by atoms with van der Waals surface area (Å²) in [7, 11) is 0. The quantitative estimate of drug-likeness (QED) is 0.642. The van der Waals surface area contributed by atoms with Crippen molar-refractivity contribution >= 4 is 0 Å². The molecular formula is C12H8FN3O2. The molecule has 0 aromatic carbocycles. The van der Waals surface area contributed by atoms with Gasteiger partial charge in [0.15, 0.2) is 11.6 Å². The van der Waals surface area contributed by atoms with Crippen molar-refractivity contribution in [2.75, 3.05) is 0 Å². The lowest BCUT2D eigenvalue weighted by Gasteiger charge is -2.09. The molecule has 0 amide bonds. The number of aromatic nitrogens is 3. The van der Waals surface area contributed by atoms with Gasteiger partial charge in [-0.3, -0.25) is 0 Å². The fraction of sp³-hybridized carbons (Fsp3) is 0.0833. The molecule has 0 aliphatic carbocycles. The second kappa shape index (κ2) is 4.06. The van der Waals surface area contributed by atoms with Crippen molar-refractivity contribution in [2.24, 2.45) is 0 Å². The van der Waals surface area contributed by atoms with Crippen molar-refractivity contribution in [3.63, 3.8) is 0 Å². The number of halogens is 1. The lowest BCUT2D eigenvalue weighted by molar-refractivity contribution is 0.529. The van der Waals surface area contributed by atoms with E-state index < -0.39 is 11.7 Å². The van der Waals surface area contributed by atoms with Gasteiger partial charge in [0.25, 0.3) is 0 Å². The van der Waals surface area contributed by atoms with E-state index >= 15 is 0 Å². The smallest absolute Gasteiger partial charge is 0.405 e. The van der Waals surface area contributed by atoms with Gasteiger partial charge in [0, 0.05) is 12.4 Å². The van der Waals surface area contributed by atoms with Gasteiger partial charge < -0.3 is 8.98 Å². The first-order valence-electron chi connectivity index (χ1n) is 5.29. The van der Waals surface area contributed by atoms with Crippen LogP contribution in [0, 0.1) is 5.95 Å². The second-order valence-electron chi connectivity index (χ2n) is 3.79. The molecule has 0 atom stereocenters. The molecule has 1 aromatic rings. The minimum absolute atomic E-state index is 0.428. The second-order valence-corrected chi connectivity index (χ2v) is 3.79. The number of hydrogen-bond acceptors (Lipinski definition) is 4. The molecule has 0 fully saturated rings. The molecule has 5 nitrogen and oxygen atoms in total. The van der Waals surface area contributed by atoms with E-state index in [2.05, 4.69) is 9.97 Å². The fourth-order valence-electron chi connectivity index (χ4n) is 1.75. The van der Waals surface area contributed by atoms with E-state index in [-0.39, 0.29) is 0 Å². The van der Waals surface area contributed by atoms with Crippen LogP contribution in [-0.2, 0) is 6.54 Å². The first-order valence-corrected chi connectivity index (χ1v) is 5.29. The lowest BCUT2D eigenvalue weighted by atomic mass is 10.2. The average molecular weight is 245 g/mol. The van der Waals surface area contributed by atoms with Crippen molar-refractivity contribution in [3.05, 3.63) is 58.7 Å². The highest BCUT2D eigenvalue weighted by Crippen LogP contribution is 2.17. The van der Waals surface area contributed by atoms with Crippen molar-refractivity contribution in [2.45, 2.75) is 6.54 Å². The van der Waals surface area contributed by atoms with Gasteiger partial charge in [0.1, 0.15) is 0 Å². The highest BCUT2D eigenvalue weighted by molar-refractivity contribution is 5.47. The predicted octanol–water partition coefficient (Wildman–Crippen LogP) is 1.52. The Bertz CT molecular complexity index is 702. The van der Waals surface area contributed by atoms with Crippen molar-refractivity contribution < 1.29 is 8.81 Å². The van der Waals surface area contributed by atoms with Crippen LogP contribution in [0.25, 0.3) is 11.6 Å². The Labute approximate surface area is 101 Å². The Morgan fingerprint density at radius 1 is 1.33 bits per heavy atom. The van der Waals surface area contributed by atoms with Crippen molar-refractivity contribution in [1.29, 1.82) is 0 Å². The van der Waals surface area contributed by atoms with E-state index in [1.165, 1.54) is 12.3 Å². The molecule has 2 aliphatic heterocycles. The molecule has 3 heterocycles. The summed E-state index contributed by atoms with van der Waals surface area (Å²) in [5.74, 6) is -0.253. The zero-order chi connectivity index (χ0) is 12.5. The lowest BCUT2D eigenvalue weighted by Crippen LogP contribution is -2.06. The first-order chi connectivity index (χ1) is 8.72. The maximum atomic E-state index is 12.7. The van der Waals surface area contributed by atoms with Gasteiger partial charge in [0.05, 0.1) is 6.54 Å². The predicted molar refractivity (Wildman–Crippen MR) is 60.7 cm³/mol. The Kier molecular flexibility index (Phi) is 2.40. The molecule has 6 heteroatoms. The SMILES string of the molecule is O=c1nc2n(Cc3ccc(F)nc3)cccc-2o1. The van der Waals surface area contributed by atoms with Crippen LogP contribution in [-0.4, -0.2) is 14.5 Å². The van der Waals surface area contributed by atoms with Gasteiger partial charge in [-0.25, -0.2) is 9.78 Å². The van der Waals surface area contributed by atoms with Crippen molar-refractivity contribution in [3.8, 4) is 11.6 Å². The van der Waals surface area contributed by atoms with Gasteiger partial charge in [-0.15, -0.1) is 0 Å². The highest BCUT2D eigenvalue weighted by Gasteiger charge is 2.13. The summed E-state index contributed by atoms with van der Waals surface area (Å²) in [4.78, 5) is 18.4. The summed E-state index contributed by atoms with van der Waals surface area (Å²) in [6.45, 7) is 0.441. The molecule has 0 unspecified atom stereocenters. The third-order valence-electron chi connectivity index (χ3n) is 2.54. The number of rotatable bonds is 2. The molecule has 3 rings (SSSR count). The monoisotopic (exact) mass is 245 g/mol. The Morgan fingerprint density at radius 2 is 2.22 bits per heavy atom. The van der Waals surface area contributed by atoms with E-state index in [0.29, 0.717) is 18.1 Å². The Morgan fingerprint density at radius 3 is 3.00 bits per heavy atom. The standard InChI is InChI=1S/C12H8FN3O2/c13-10-4-3-8(6-14-10)7-16-5-1-2-9-11(16)15-12(17)18-9/h1-6H,7H2. The fourth-order valence-corrected chi connectivity index (χ4v) is 1.75. The average Bonchev–Trinajstić information content (AvgIpc) is 2.73. The third kappa shape index (κ3) is 1.88. The molecule has 0 bridgehead atoms. The summed E-state index contributed by atoms with van der Waals surface area (Å²) < 4.78 is 19.3. The van der Waals surface area contributed by atoms with Crippen LogP contribution in [0.5, 0.6) is 0 Å². The Balaban J connectivity index is 2.00. The first kappa shape index (κ1) is 10.6. The Hall–Kier alpha value is -2.50. The van der Waals surface area contributed by atoms with Gasteiger partial charge in [-0.2, -0.15) is 9.37 Å². The third-order valence-corrected chi connectivity index (χ3v) is 2.54. The van der Waals surface area contributed by atoms with Crippen LogP contribution in [0.2, 0.25) is 0 Å². The molecule has 0 saturated heterocycles. The molecule has 0 radical (unpaired) electrons. The van der Waals surface area contributed by atoms with Gasteiger partial charge in [-0.1, -0.05) is 6.07 Å². The van der Waals surface area contributed by atoms with Crippen LogP contribution in [0.15, 0.2) is 45.9 Å². The number of fused-ring (bicyclic) bond motifs is 1. The molecule has 1 aromatic heterocycles. The molecule has 2 aliphatic rings. The number of pyridine rings is 2. The molecule has 0 N–H and O–H groups in total. The largest absolute Gasteiger partial charge is 0.441 e. The molecular weight excluding hydrogens is 237 g/mol. The zero-order valence-electron chi connectivity index (χ0n) is 9.21. The van der Waals surface area contributed by atoms with E-state index in [1.54, 1.807) is 29.0 Å². The highest BCUT2D eigenvalue weighted by atomic mass is 19.1. The summed E-state index contributed by atoms with van der Waals surface area (Å²) in [6, 6.07) is 6.34. The summed E-state index contributed by atoms with van der Waals surface area (Å²) in [5.41, 5.74) is 0.810. The molecule has 0 saturated carbocycles. The minimum atomic E-state index is -0.623. The van der Waals surface area contributed by atoms with Crippen LogP contribution < -0.4 is 5.76 Å². The number of hydrogen-bond donors (Lipinski definition) is 0. The summed E-state index contributed by atoms with van der Waals surface area (Å²) >= 11 is 0. The van der Waals surface area contributed by atoms with E-state index in [9.17, 15) is 9.18 Å². The maximum absolute atomic E-state index is 12.7.